The smallest absolute Gasteiger partial charge is 0.355 e. The summed E-state index contributed by atoms with van der Waals surface area (Å²) in [6.45, 7) is -0.765. The van der Waals surface area contributed by atoms with E-state index in [0.29, 0.717) is 11.1 Å². The molecule has 2 amide bonds. The van der Waals surface area contributed by atoms with E-state index in [1.807, 2.05) is 12.2 Å². The molecule has 123 heavy (non-hydrogen) atoms. The minimum Gasteiger partial charge on any atom is -0.480 e. The number of carboxylic acid groups (broad SMARTS) is 1. The van der Waals surface area contributed by atoms with Crippen molar-refractivity contribution in [2.75, 3.05) is 126 Å². The number of methoxy groups -OCH3 is 10. The van der Waals surface area contributed by atoms with E-state index in [1.165, 1.54) is 59.6 Å². The summed E-state index contributed by atoms with van der Waals surface area (Å²) in [5.74, 6) is -20.5. The van der Waals surface area contributed by atoms with Crippen molar-refractivity contribution in [1.82, 2.24) is 20.5 Å². The standard InChI is InChI=1S/C22H28N4O6.C16H23NO10.C14H14N2O7.C12H10N2O7.C11H13N3O6/c1-25(2)19(27)17-15-11-9-7-8-10(14(22(30)32-6)13(9)21(29)31-5)12(11)16(15)18(24-23-17)20(28)26(3)4;1-24-14(22)8-4-17-9(15(23)25-2)3-7(8)6-26-16-13(21)12(20)11(19)10(5-18)27-16;1-21-13(19)9-5-3-7-8(12(18)23-11(7)17)4-6(5)10(16-15-9)14(20)22-2;1-19-11(17)7-3-4(8(14-13-7)12(18)20-2)6-5(3)9(15)21-10(6)16;1-19-10(17)6-4-3-12-7(9(15)16)5(4)8(14-13-6)11(18)20-2/h7-16H,1-6H3;10-13,16,18-21H,3-6H2,1-2H3;5,7-8,16H,3-4H2,1-2H3;3-6H,1-2H3;4-5,7,12H,3H2,1-2H3,(H,15,16)/t;10?,11-,12-,13?,16+;;;/m.0.../s1. The number of hydrogen-bond acceptors (Lipinski definition) is 45. The molecule has 48 heteroatoms. The quantitative estimate of drug-likeness (QED) is 0.0308. The Hall–Kier alpha value is -12.5. The summed E-state index contributed by atoms with van der Waals surface area (Å²) < 4.78 is 67.0. The molecule has 8 fully saturated rings. The molecule has 9 aliphatic heterocycles. The summed E-state index contributed by atoms with van der Waals surface area (Å²) in [7, 11) is 18.6. The van der Waals surface area contributed by atoms with Crippen LogP contribution in [0.4, 0.5) is 0 Å². The van der Waals surface area contributed by atoms with Crippen LogP contribution < -0.4 is 10.7 Å². The highest BCUT2D eigenvalue weighted by molar-refractivity contribution is 6.47. The number of cyclic esters (lactones) is 4. The number of hydrogen-bond donors (Lipinski definition) is 7. The van der Waals surface area contributed by atoms with Gasteiger partial charge in [-0.2, -0.15) is 5.10 Å². The molecule has 4 saturated carbocycles. The lowest BCUT2D eigenvalue weighted by Crippen LogP contribution is -2.70. The van der Waals surface area contributed by atoms with Crippen molar-refractivity contribution in [3.63, 3.8) is 0 Å². The Bertz CT molecular complexity index is 4650. The molecule has 0 aromatic carbocycles. The van der Waals surface area contributed by atoms with Crippen LogP contribution >= 0.6 is 0 Å². The van der Waals surface area contributed by atoms with Gasteiger partial charge in [0, 0.05) is 82.6 Å². The highest BCUT2D eigenvalue weighted by atomic mass is 16.7. The van der Waals surface area contributed by atoms with Gasteiger partial charge in [0.25, 0.3) is 11.8 Å². The van der Waals surface area contributed by atoms with E-state index in [9.17, 15) is 107 Å². The van der Waals surface area contributed by atoms with Crippen molar-refractivity contribution in [2.24, 2.45) is 141 Å². The molecule has 2 bridgehead atoms. The average Bonchev–Trinajstić information content (AvgIpc) is 1.29. The number of carbonyl (C=O) groups is 17. The average molecular weight is 1730 g/mol. The lowest BCUT2D eigenvalue weighted by Gasteiger charge is -2.64. The lowest BCUT2D eigenvalue weighted by atomic mass is 9.38. The number of esters is 14. The SMILES string of the molecule is COC(=O)C1=NCC(C(=O)OC)=C(CO[C@@H]2OC(CO)[C@H](O)[C@H](O)C2O)C1.COC(=O)C1=NN=C(C(=O)OC)C2C1CNC2C(=O)O.COC(=O)C1=NN=C(C(=O)OC)C2C3C(=O)OC(=O)C3C12.COC(=O)C1=NNC(C(=O)OC)=C2CC3C(=O)OC(=O)C3CC12.COC(=O)C1C2C=CC(C1C(=O)OC)C1C3C(C(=O)N(C)C)=NN=C(C(=O)N(C)C)C3C21. The third-order valence-corrected chi connectivity index (χ3v) is 23.5. The van der Waals surface area contributed by atoms with Crippen LogP contribution in [-0.2, 0) is 148 Å². The van der Waals surface area contributed by atoms with Gasteiger partial charge in [0.1, 0.15) is 53.3 Å². The van der Waals surface area contributed by atoms with Crippen LogP contribution in [0.2, 0.25) is 0 Å². The zero-order chi connectivity index (χ0) is 90.5. The molecule has 7 N–H and O–H groups in total. The van der Waals surface area contributed by atoms with E-state index in [2.05, 4.69) is 89.3 Å². The van der Waals surface area contributed by atoms with E-state index >= 15 is 0 Å². The lowest BCUT2D eigenvalue weighted by molar-refractivity contribution is -0.299. The number of carbonyl (C=O) groups excluding carboxylic acids is 16. The Kier molecular flexibility index (Phi) is 29.2. The van der Waals surface area contributed by atoms with Gasteiger partial charge in [-0.1, -0.05) is 12.2 Å². The van der Waals surface area contributed by atoms with Gasteiger partial charge in [0.2, 0.25) is 0 Å². The van der Waals surface area contributed by atoms with Crippen LogP contribution in [0.15, 0.2) is 75.3 Å². The summed E-state index contributed by atoms with van der Waals surface area (Å²) in [5, 5.41) is 77.6. The number of allylic oxidation sites excluding steroid dienone is 3. The number of aliphatic carboxylic acids is 1. The molecule has 4 saturated heterocycles. The van der Waals surface area contributed by atoms with Crippen molar-refractivity contribution >= 4 is 147 Å². The maximum Gasteiger partial charge on any atom is 0.355 e. The minimum atomic E-state index is -1.59. The first-order valence-corrected chi connectivity index (χ1v) is 37.6. The maximum absolute atomic E-state index is 12.9. The van der Waals surface area contributed by atoms with E-state index in [4.69, 9.17) is 28.4 Å². The Morgan fingerprint density at radius 1 is 0.488 bits per heavy atom. The van der Waals surface area contributed by atoms with E-state index in [0.717, 1.165) is 21.3 Å². The molecule has 0 spiro atoms. The second-order valence-corrected chi connectivity index (χ2v) is 29.8. The summed E-state index contributed by atoms with van der Waals surface area (Å²) in [6.07, 6.45) is -3.05. The number of aliphatic hydroxyl groups is 4. The fourth-order valence-corrected chi connectivity index (χ4v) is 17.6. The number of dihydropyridines is 1. The normalized spacial score (nSPS) is 31.8. The Balaban J connectivity index is 0.000000163. The first-order valence-electron chi connectivity index (χ1n) is 37.6. The van der Waals surface area contributed by atoms with Gasteiger partial charge in [-0.15, -0.1) is 30.6 Å². The zero-order valence-electron chi connectivity index (χ0n) is 68.2. The molecule has 0 aromatic rings. The fourth-order valence-electron chi connectivity index (χ4n) is 17.6. The number of nitrogens with one attached hydrogen (secondary N) is 2. The second kappa shape index (κ2) is 38.7. The van der Waals surface area contributed by atoms with Crippen molar-refractivity contribution in [2.45, 2.75) is 56.0 Å². The van der Waals surface area contributed by atoms with Gasteiger partial charge in [0.15, 0.2) is 34.8 Å². The maximum atomic E-state index is 12.9. The van der Waals surface area contributed by atoms with Gasteiger partial charge in [-0.05, 0) is 47.7 Å². The van der Waals surface area contributed by atoms with Gasteiger partial charge in [0.05, 0.1) is 132 Å². The molecular formula is C75H88N12O36. The van der Waals surface area contributed by atoms with E-state index in [1.54, 1.807) is 28.2 Å². The first-order chi connectivity index (χ1) is 58.5. The number of aliphatic hydroxyl groups excluding tert-OH is 4. The Morgan fingerprint density at radius 2 is 0.927 bits per heavy atom. The largest absolute Gasteiger partial charge is 0.480 e. The number of rotatable bonds is 17. The predicted molar refractivity (Wildman–Crippen MR) is 403 cm³/mol. The Morgan fingerprint density at radius 3 is 1.38 bits per heavy atom. The fraction of sp³-hybridized carbons (Fsp3) is 0.587. The molecule has 0 aromatic heterocycles. The number of amides is 2. The molecule has 0 radical (unpaired) electrons. The predicted octanol–water partition coefficient (Wildman–Crippen LogP) is -6.46. The third-order valence-electron chi connectivity index (χ3n) is 23.5. The number of aliphatic imine (C=N–C) groups is 1. The van der Waals surface area contributed by atoms with Crippen molar-refractivity contribution in [3.05, 3.63) is 34.6 Å². The summed E-state index contributed by atoms with van der Waals surface area (Å²) in [5.41, 5.74) is 4.06. The molecule has 664 valence electrons. The minimum absolute atomic E-state index is 0.00130. The molecular weight excluding hydrogens is 1640 g/mol. The number of hydrazone groups is 1. The van der Waals surface area contributed by atoms with Crippen LogP contribution in [-0.4, -0.2) is 345 Å². The van der Waals surface area contributed by atoms with E-state index in [-0.39, 0.29) is 143 Å². The van der Waals surface area contributed by atoms with Crippen LogP contribution in [0.3, 0.4) is 0 Å². The van der Waals surface area contributed by atoms with Crippen molar-refractivity contribution < 1.29 is 173 Å². The van der Waals surface area contributed by atoms with Gasteiger partial charge < -0.3 is 107 Å². The monoisotopic (exact) mass is 1730 g/mol. The molecule has 15 aliphatic rings. The molecule has 6 aliphatic carbocycles. The highest BCUT2D eigenvalue weighted by Crippen LogP contribution is 2.66. The van der Waals surface area contributed by atoms with E-state index < -0.39 is 198 Å². The van der Waals surface area contributed by atoms with Gasteiger partial charge in [-0.25, -0.2) is 38.4 Å². The number of carboxylic acids is 1. The van der Waals surface area contributed by atoms with Gasteiger partial charge >= 0.3 is 89.5 Å². The number of ether oxygens (including phenoxy) is 14. The van der Waals surface area contributed by atoms with Crippen LogP contribution in [0.5, 0.6) is 0 Å². The second-order valence-electron chi connectivity index (χ2n) is 29.8. The molecule has 9 heterocycles. The molecule has 15 rings (SSSR count). The molecule has 23 atom stereocenters. The van der Waals surface area contributed by atoms with Crippen LogP contribution in [0, 0.1) is 101 Å². The first kappa shape index (κ1) is 92.8. The van der Waals surface area contributed by atoms with Crippen molar-refractivity contribution in [1.29, 1.82) is 0 Å². The molecule has 48 nitrogen and oxygen atoms in total. The molecule has 20 unspecified atom stereocenters. The van der Waals surface area contributed by atoms with Crippen LogP contribution in [0.25, 0.3) is 0 Å². The Labute approximate surface area is 696 Å². The summed E-state index contributed by atoms with van der Waals surface area (Å²) in [4.78, 5) is 211. The topological polar surface area (TPSA) is 650 Å². The summed E-state index contributed by atoms with van der Waals surface area (Å²) in [6, 6.07) is -1.03. The van der Waals surface area contributed by atoms with Crippen molar-refractivity contribution in [3.8, 4) is 0 Å². The highest BCUT2D eigenvalue weighted by Gasteiger charge is 2.72. The number of fused-ring (bicyclic) bond motifs is 9. The third kappa shape index (κ3) is 17.4. The zero-order valence-corrected chi connectivity index (χ0v) is 68.2. The van der Waals surface area contributed by atoms with Crippen LogP contribution in [0.1, 0.15) is 19.3 Å². The van der Waals surface area contributed by atoms with Gasteiger partial charge in [-0.3, -0.25) is 53.6 Å². The number of nitrogens with zero attached hydrogens (tertiary/aromatic N) is 10. The summed E-state index contributed by atoms with van der Waals surface area (Å²) >= 11 is 0.